The SMILES string of the molecule is CN(C)CCNc1cc(C(=O)Nc2ccc(N3CCN(C)CC3)cc2)ncn1. The number of piperazine rings is 1. The fourth-order valence-electron chi connectivity index (χ4n) is 3.00. The number of hydrogen-bond acceptors (Lipinski definition) is 7. The summed E-state index contributed by atoms with van der Waals surface area (Å²) in [5.41, 5.74) is 2.27. The first-order valence-electron chi connectivity index (χ1n) is 9.57. The van der Waals surface area contributed by atoms with E-state index in [1.807, 2.05) is 26.2 Å². The molecule has 150 valence electrons. The minimum absolute atomic E-state index is 0.245. The molecule has 1 saturated heterocycles. The van der Waals surface area contributed by atoms with Crippen LogP contribution in [0.5, 0.6) is 0 Å². The van der Waals surface area contributed by atoms with Crippen molar-refractivity contribution < 1.29 is 4.79 Å². The predicted molar refractivity (Wildman–Crippen MR) is 113 cm³/mol. The second-order valence-electron chi connectivity index (χ2n) is 7.31. The van der Waals surface area contributed by atoms with E-state index in [0.29, 0.717) is 11.5 Å². The summed E-state index contributed by atoms with van der Waals surface area (Å²) in [4.78, 5) is 27.5. The molecule has 0 atom stereocenters. The second kappa shape index (κ2) is 9.48. The lowest BCUT2D eigenvalue weighted by Gasteiger charge is -2.34. The van der Waals surface area contributed by atoms with E-state index in [2.05, 4.69) is 54.5 Å². The molecular formula is C20H29N7O. The molecule has 8 heteroatoms. The molecular weight excluding hydrogens is 354 g/mol. The summed E-state index contributed by atoms with van der Waals surface area (Å²) < 4.78 is 0. The van der Waals surface area contributed by atoms with Crippen molar-refractivity contribution in [1.29, 1.82) is 0 Å². The van der Waals surface area contributed by atoms with Crippen LogP contribution in [-0.4, -0.2) is 86.1 Å². The maximum Gasteiger partial charge on any atom is 0.274 e. The van der Waals surface area contributed by atoms with E-state index < -0.39 is 0 Å². The zero-order chi connectivity index (χ0) is 19.9. The van der Waals surface area contributed by atoms with E-state index in [4.69, 9.17) is 0 Å². The third kappa shape index (κ3) is 5.64. The monoisotopic (exact) mass is 383 g/mol. The highest BCUT2D eigenvalue weighted by atomic mass is 16.1. The first-order valence-corrected chi connectivity index (χ1v) is 9.57. The quantitative estimate of drug-likeness (QED) is 0.749. The van der Waals surface area contributed by atoms with Gasteiger partial charge in [0.05, 0.1) is 0 Å². The maximum absolute atomic E-state index is 12.5. The van der Waals surface area contributed by atoms with Gasteiger partial charge in [0.2, 0.25) is 0 Å². The molecule has 0 saturated carbocycles. The Morgan fingerprint density at radius 2 is 1.82 bits per heavy atom. The van der Waals surface area contributed by atoms with Crippen molar-refractivity contribution in [2.24, 2.45) is 0 Å². The number of benzene rings is 1. The molecule has 1 aromatic heterocycles. The summed E-state index contributed by atoms with van der Waals surface area (Å²) >= 11 is 0. The Balaban J connectivity index is 1.57. The van der Waals surface area contributed by atoms with Crippen LogP contribution in [0.25, 0.3) is 0 Å². The Kier molecular flexibility index (Phi) is 6.78. The lowest BCUT2D eigenvalue weighted by Crippen LogP contribution is -2.44. The molecule has 0 aliphatic carbocycles. The Labute approximate surface area is 166 Å². The standard InChI is InChI=1S/C20H29N7O/c1-25(2)9-8-21-19-14-18(22-15-23-19)20(28)24-16-4-6-17(7-5-16)27-12-10-26(3)11-13-27/h4-7,14-15H,8-13H2,1-3H3,(H,24,28)(H,21,22,23). The number of hydrogen-bond donors (Lipinski definition) is 2. The van der Waals surface area contributed by atoms with Crippen LogP contribution in [0.2, 0.25) is 0 Å². The van der Waals surface area contributed by atoms with Gasteiger partial charge in [-0.15, -0.1) is 0 Å². The van der Waals surface area contributed by atoms with Crippen LogP contribution in [0.1, 0.15) is 10.5 Å². The Morgan fingerprint density at radius 1 is 1.11 bits per heavy atom. The van der Waals surface area contributed by atoms with Crippen molar-refractivity contribution in [3.05, 3.63) is 42.4 Å². The lowest BCUT2D eigenvalue weighted by atomic mass is 10.2. The van der Waals surface area contributed by atoms with E-state index >= 15 is 0 Å². The van der Waals surface area contributed by atoms with Gasteiger partial charge < -0.3 is 25.3 Å². The molecule has 2 aromatic rings. The van der Waals surface area contributed by atoms with Crippen LogP contribution in [0, 0.1) is 0 Å². The van der Waals surface area contributed by atoms with Crippen LogP contribution in [0.4, 0.5) is 17.2 Å². The summed E-state index contributed by atoms with van der Waals surface area (Å²) in [6, 6.07) is 9.64. The molecule has 8 nitrogen and oxygen atoms in total. The molecule has 0 bridgehead atoms. The fourth-order valence-corrected chi connectivity index (χ4v) is 3.00. The number of rotatable bonds is 7. The molecule has 0 radical (unpaired) electrons. The normalized spacial score (nSPS) is 14.9. The molecule has 1 aromatic carbocycles. The van der Waals surface area contributed by atoms with E-state index in [1.54, 1.807) is 6.07 Å². The zero-order valence-electron chi connectivity index (χ0n) is 16.9. The van der Waals surface area contributed by atoms with Crippen molar-refractivity contribution in [1.82, 2.24) is 19.8 Å². The molecule has 0 unspecified atom stereocenters. The maximum atomic E-state index is 12.5. The molecule has 28 heavy (non-hydrogen) atoms. The summed E-state index contributed by atoms with van der Waals surface area (Å²) in [5.74, 6) is 0.401. The van der Waals surface area contributed by atoms with Gasteiger partial charge in [-0.3, -0.25) is 4.79 Å². The summed E-state index contributed by atoms with van der Waals surface area (Å²) in [7, 11) is 6.16. The third-order valence-corrected chi connectivity index (χ3v) is 4.76. The largest absolute Gasteiger partial charge is 0.369 e. The van der Waals surface area contributed by atoms with Gasteiger partial charge >= 0.3 is 0 Å². The van der Waals surface area contributed by atoms with Crippen molar-refractivity contribution >= 4 is 23.1 Å². The van der Waals surface area contributed by atoms with Crippen molar-refractivity contribution in [2.75, 3.05) is 75.9 Å². The van der Waals surface area contributed by atoms with Crippen molar-refractivity contribution in [3.63, 3.8) is 0 Å². The Bertz CT molecular complexity index is 770. The molecule has 1 amide bonds. The topological polar surface area (TPSA) is 76.6 Å². The van der Waals surface area contributed by atoms with E-state index in [-0.39, 0.29) is 5.91 Å². The van der Waals surface area contributed by atoms with E-state index in [1.165, 1.54) is 12.0 Å². The van der Waals surface area contributed by atoms with E-state index in [0.717, 1.165) is 45.0 Å². The highest BCUT2D eigenvalue weighted by molar-refractivity contribution is 6.03. The van der Waals surface area contributed by atoms with Crippen molar-refractivity contribution in [2.45, 2.75) is 0 Å². The summed E-state index contributed by atoms with van der Waals surface area (Å²) in [6.07, 6.45) is 1.41. The number of amides is 1. The number of carbonyl (C=O) groups excluding carboxylic acids is 1. The molecule has 2 heterocycles. The van der Waals surface area contributed by atoms with Gasteiger partial charge in [0.15, 0.2) is 0 Å². The average molecular weight is 384 g/mol. The van der Waals surface area contributed by atoms with E-state index in [9.17, 15) is 4.79 Å². The van der Waals surface area contributed by atoms with Gasteiger partial charge in [-0.25, -0.2) is 9.97 Å². The molecule has 1 fully saturated rings. The predicted octanol–water partition coefficient (Wildman–Crippen LogP) is 1.45. The van der Waals surface area contributed by atoms with Crippen LogP contribution in [0.3, 0.4) is 0 Å². The number of nitrogens with one attached hydrogen (secondary N) is 2. The van der Waals surface area contributed by atoms with Crippen LogP contribution in [0.15, 0.2) is 36.7 Å². The highest BCUT2D eigenvalue weighted by Gasteiger charge is 2.14. The Hall–Kier alpha value is -2.71. The minimum Gasteiger partial charge on any atom is -0.369 e. The van der Waals surface area contributed by atoms with Gasteiger partial charge in [-0.1, -0.05) is 0 Å². The fraction of sp³-hybridized carbons (Fsp3) is 0.450. The lowest BCUT2D eigenvalue weighted by molar-refractivity contribution is 0.102. The van der Waals surface area contributed by atoms with Gasteiger partial charge in [-0.05, 0) is 45.4 Å². The first kappa shape index (κ1) is 20.0. The summed E-state index contributed by atoms with van der Waals surface area (Å²) in [6.45, 7) is 5.80. The molecule has 1 aliphatic rings. The third-order valence-electron chi connectivity index (χ3n) is 4.76. The van der Waals surface area contributed by atoms with Crippen LogP contribution < -0.4 is 15.5 Å². The second-order valence-corrected chi connectivity index (χ2v) is 7.31. The number of likely N-dealkylation sites (N-methyl/N-ethyl adjacent to an activating group) is 2. The van der Waals surface area contributed by atoms with Gasteiger partial charge in [0.25, 0.3) is 5.91 Å². The minimum atomic E-state index is -0.245. The molecule has 0 spiro atoms. The zero-order valence-corrected chi connectivity index (χ0v) is 16.9. The van der Waals surface area contributed by atoms with Crippen LogP contribution in [-0.2, 0) is 0 Å². The van der Waals surface area contributed by atoms with Gasteiger partial charge in [-0.2, -0.15) is 0 Å². The number of nitrogens with zero attached hydrogens (tertiary/aromatic N) is 5. The Morgan fingerprint density at radius 3 is 2.50 bits per heavy atom. The van der Waals surface area contributed by atoms with Crippen molar-refractivity contribution in [3.8, 4) is 0 Å². The smallest absolute Gasteiger partial charge is 0.274 e. The molecule has 1 aliphatic heterocycles. The molecule has 2 N–H and O–H groups in total. The highest BCUT2D eigenvalue weighted by Crippen LogP contribution is 2.19. The number of anilines is 3. The summed E-state index contributed by atoms with van der Waals surface area (Å²) in [5, 5.41) is 6.11. The molecule has 3 rings (SSSR count). The first-order chi connectivity index (χ1) is 13.5. The number of carbonyl (C=O) groups is 1. The van der Waals surface area contributed by atoms with Gasteiger partial charge in [0, 0.05) is 56.7 Å². The van der Waals surface area contributed by atoms with Crippen LogP contribution >= 0.6 is 0 Å². The average Bonchev–Trinajstić information content (AvgIpc) is 2.69. The number of aromatic nitrogens is 2. The van der Waals surface area contributed by atoms with Gasteiger partial charge in [0.1, 0.15) is 17.8 Å².